The van der Waals surface area contributed by atoms with Gasteiger partial charge >= 0.3 is 0 Å². The van der Waals surface area contributed by atoms with Crippen LogP contribution >= 0.6 is 15.9 Å². The number of rotatable bonds is 5. The number of halogens is 1. The van der Waals surface area contributed by atoms with Crippen LogP contribution in [0.5, 0.6) is 5.75 Å². The van der Waals surface area contributed by atoms with Crippen LogP contribution in [0.4, 0.5) is 11.4 Å². The van der Waals surface area contributed by atoms with Crippen molar-refractivity contribution in [3.8, 4) is 11.8 Å². The van der Waals surface area contributed by atoms with E-state index in [1.807, 2.05) is 6.07 Å². The van der Waals surface area contributed by atoms with E-state index in [-0.39, 0.29) is 12.3 Å². The molecular formula is C15H10BrN3O4. The van der Waals surface area contributed by atoms with Gasteiger partial charge in [-0.3, -0.25) is 14.9 Å². The highest BCUT2D eigenvalue weighted by molar-refractivity contribution is 9.10. The molecule has 0 bridgehead atoms. The minimum absolute atomic E-state index is 0.0799. The number of ether oxygens (including phenoxy) is 1. The number of hydrogen-bond acceptors (Lipinski definition) is 5. The lowest BCUT2D eigenvalue weighted by molar-refractivity contribution is -0.384. The Kier molecular flexibility index (Phi) is 5.28. The molecule has 0 aliphatic heterocycles. The monoisotopic (exact) mass is 375 g/mol. The molecule has 7 nitrogen and oxygen atoms in total. The van der Waals surface area contributed by atoms with Gasteiger partial charge in [-0.2, -0.15) is 5.26 Å². The van der Waals surface area contributed by atoms with E-state index in [1.54, 1.807) is 24.3 Å². The van der Waals surface area contributed by atoms with Crippen LogP contribution in [0, 0.1) is 21.4 Å². The number of nitrogens with one attached hydrogen (secondary N) is 1. The zero-order valence-electron chi connectivity index (χ0n) is 11.7. The predicted octanol–water partition coefficient (Wildman–Crippen LogP) is 3.25. The lowest BCUT2D eigenvalue weighted by Crippen LogP contribution is -2.20. The van der Waals surface area contributed by atoms with E-state index in [0.29, 0.717) is 21.5 Å². The highest BCUT2D eigenvalue weighted by atomic mass is 79.9. The molecule has 2 aromatic rings. The van der Waals surface area contributed by atoms with E-state index >= 15 is 0 Å². The van der Waals surface area contributed by atoms with Crippen LogP contribution in [-0.2, 0) is 4.79 Å². The van der Waals surface area contributed by atoms with E-state index in [2.05, 4.69) is 21.2 Å². The molecule has 0 saturated heterocycles. The van der Waals surface area contributed by atoms with Gasteiger partial charge in [0.25, 0.3) is 11.6 Å². The molecule has 0 unspecified atom stereocenters. The van der Waals surface area contributed by atoms with Crippen molar-refractivity contribution in [1.29, 1.82) is 5.26 Å². The fraction of sp³-hybridized carbons (Fsp3) is 0.0667. The highest BCUT2D eigenvalue weighted by Gasteiger charge is 2.11. The number of hydrogen-bond donors (Lipinski definition) is 1. The van der Waals surface area contributed by atoms with E-state index in [9.17, 15) is 14.9 Å². The minimum atomic E-state index is -0.523. The van der Waals surface area contributed by atoms with Crippen LogP contribution in [0.1, 0.15) is 5.56 Å². The Balaban J connectivity index is 1.94. The first-order valence-corrected chi connectivity index (χ1v) is 7.15. The SMILES string of the molecule is N#Cc1ccc(OCC(=O)Nc2ccc([N+](=O)[O-])cc2Br)cc1. The molecule has 0 aliphatic rings. The maximum Gasteiger partial charge on any atom is 0.270 e. The number of carbonyl (C=O) groups excluding carboxylic acids is 1. The molecule has 1 amide bonds. The number of nitro benzene ring substituents is 1. The van der Waals surface area contributed by atoms with Gasteiger partial charge in [0.15, 0.2) is 6.61 Å². The summed E-state index contributed by atoms with van der Waals surface area (Å²) in [6, 6.07) is 12.4. The second kappa shape index (κ2) is 7.38. The predicted molar refractivity (Wildman–Crippen MR) is 86.1 cm³/mol. The van der Waals surface area contributed by atoms with Crippen molar-refractivity contribution in [3.05, 3.63) is 62.6 Å². The average molecular weight is 376 g/mol. The number of nitro groups is 1. The quantitative estimate of drug-likeness (QED) is 0.637. The number of nitrogens with zero attached hydrogens (tertiary/aromatic N) is 2. The van der Waals surface area contributed by atoms with Gasteiger partial charge in [0.2, 0.25) is 0 Å². The Morgan fingerprint density at radius 2 is 2.00 bits per heavy atom. The summed E-state index contributed by atoms with van der Waals surface area (Å²) >= 11 is 3.17. The van der Waals surface area contributed by atoms with Gasteiger partial charge in [-0.25, -0.2) is 0 Å². The lowest BCUT2D eigenvalue weighted by atomic mass is 10.2. The molecule has 2 rings (SSSR count). The molecule has 2 aromatic carbocycles. The van der Waals surface area contributed by atoms with E-state index in [1.165, 1.54) is 18.2 Å². The largest absolute Gasteiger partial charge is 0.484 e. The molecule has 0 atom stereocenters. The first-order chi connectivity index (χ1) is 11.0. The summed E-state index contributed by atoms with van der Waals surface area (Å²) in [5.74, 6) is 0.0471. The van der Waals surface area contributed by atoms with Gasteiger partial charge in [0.05, 0.1) is 22.2 Å². The van der Waals surface area contributed by atoms with Crippen molar-refractivity contribution in [3.63, 3.8) is 0 Å². The second-order valence-electron chi connectivity index (χ2n) is 4.39. The van der Waals surface area contributed by atoms with Gasteiger partial charge in [0.1, 0.15) is 5.75 Å². The zero-order chi connectivity index (χ0) is 16.8. The van der Waals surface area contributed by atoms with Gasteiger partial charge in [-0.1, -0.05) is 0 Å². The standard InChI is InChI=1S/C15H10BrN3O4/c16-13-7-11(19(21)22)3-6-14(13)18-15(20)9-23-12-4-1-10(8-17)2-5-12/h1-7H,9H2,(H,18,20). The number of anilines is 1. The minimum Gasteiger partial charge on any atom is -0.484 e. The fourth-order valence-electron chi connectivity index (χ4n) is 1.68. The number of amides is 1. The number of non-ortho nitro benzene ring substituents is 1. The fourth-order valence-corrected chi connectivity index (χ4v) is 2.15. The summed E-state index contributed by atoms with van der Waals surface area (Å²) in [5, 5.41) is 21.9. The molecule has 0 fully saturated rings. The van der Waals surface area contributed by atoms with E-state index < -0.39 is 10.8 Å². The third-order valence-corrected chi connectivity index (χ3v) is 3.45. The molecule has 0 heterocycles. The Hall–Kier alpha value is -2.92. The summed E-state index contributed by atoms with van der Waals surface area (Å²) in [6.07, 6.45) is 0. The molecule has 0 spiro atoms. The van der Waals surface area contributed by atoms with Crippen LogP contribution in [0.3, 0.4) is 0 Å². The maximum atomic E-state index is 11.8. The van der Waals surface area contributed by atoms with Crippen molar-refractivity contribution in [2.75, 3.05) is 11.9 Å². The third-order valence-electron chi connectivity index (χ3n) is 2.79. The van der Waals surface area contributed by atoms with Gasteiger partial charge in [0, 0.05) is 16.6 Å². The highest BCUT2D eigenvalue weighted by Crippen LogP contribution is 2.27. The van der Waals surface area contributed by atoms with Crippen LogP contribution in [0.2, 0.25) is 0 Å². The summed E-state index contributed by atoms with van der Waals surface area (Å²) in [7, 11) is 0. The van der Waals surface area contributed by atoms with Gasteiger partial charge in [-0.05, 0) is 46.3 Å². The first kappa shape index (κ1) is 16.5. The Bertz CT molecular complexity index is 784. The number of carbonyl (C=O) groups is 1. The summed E-state index contributed by atoms with van der Waals surface area (Å²) < 4.78 is 5.70. The molecule has 0 radical (unpaired) electrons. The summed E-state index contributed by atoms with van der Waals surface area (Å²) in [4.78, 5) is 22.0. The first-order valence-electron chi connectivity index (χ1n) is 6.36. The van der Waals surface area contributed by atoms with Gasteiger partial charge < -0.3 is 10.1 Å². The molecule has 116 valence electrons. The van der Waals surface area contributed by atoms with Crippen molar-refractivity contribution in [2.24, 2.45) is 0 Å². The molecular weight excluding hydrogens is 366 g/mol. The van der Waals surface area contributed by atoms with E-state index in [4.69, 9.17) is 10.00 Å². The van der Waals surface area contributed by atoms with Crippen molar-refractivity contribution >= 4 is 33.2 Å². The Morgan fingerprint density at radius 1 is 1.30 bits per heavy atom. The van der Waals surface area contributed by atoms with Crippen molar-refractivity contribution in [1.82, 2.24) is 0 Å². The molecule has 0 aromatic heterocycles. The molecule has 0 aliphatic carbocycles. The zero-order valence-corrected chi connectivity index (χ0v) is 13.2. The topological polar surface area (TPSA) is 105 Å². The van der Waals surface area contributed by atoms with Crippen molar-refractivity contribution in [2.45, 2.75) is 0 Å². The Labute approximate surface area is 139 Å². The maximum absolute atomic E-state index is 11.8. The van der Waals surface area contributed by atoms with Gasteiger partial charge in [-0.15, -0.1) is 0 Å². The van der Waals surface area contributed by atoms with Crippen LogP contribution < -0.4 is 10.1 Å². The smallest absolute Gasteiger partial charge is 0.270 e. The summed E-state index contributed by atoms with van der Waals surface area (Å²) in [5.41, 5.74) is 0.823. The third kappa shape index (κ3) is 4.52. The lowest BCUT2D eigenvalue weighted by Gasteiger charge is -2.09. The molecule has 23 heavy (non-hydrogen) atoms. The molecule has 0 saturated carbocycles. The summed E-state index contributed by atoms with van der Waals surface area (Å²) in [6.45, 7) is -0.227. The van der Waals surface area contributed by atoms with Crippen LogP contribution in [0.15, 0.2) is 46.9 Å². The number of benzene rings is 2. The molecule has 8 heteroatoms. The van der Waals surface area contributed by atoms with Crippen molar-refractivity contribution < 1.29 is 14.5 Å². The second-order valence-corrected chi connectivity index (χ2v) is 5.25. The Morgan fingerprint density at radius 3 is 2.57 bits per heavy atom. The number of nitriles is 1. The van der Waals surface area contributed by atoms with Crippen LogP contribution in [-0.4, -0.2) is 17.4 Å². The molecule has 1 N–H and O–H groups in total. The van der Waals surface area contributed by atoms with Crippen LogP contribution in [0.25, 0.3) is 0 Å². The average Bonchev–Trinajstić information content (AvgIpc) is 2.55. The van der Waals surface area contributed by atoms with E-state index in [0.717, 1.165) is 0 Å². The normalized spacial score (nSPS) is 9.74.